The molecular weight excluding hydrogens is 442 g/mol. The van der Waals surface area contributed by atoms with Crippen molar-refractivity contribution in [3.8, 4) is 10.6 Å². The molecule has 0 unspecified atom stereocenters. The maximum Gasteiger partial charge on any atom is 0.241 e. The Morgan fingerprint density at radius 1 is 1.00 bits per heavy atom. The van der Waals surface area contributed by atoms with Crippen molar-refractivity contribution in [2.75, 3.05) is 11.9 Å². The summed E-state index contributed by atoms with van der Waals surface area (Å²) in [4.78, 5) is 16.9. The molecule has 9 heteroatoms. The fraction of sp³-hybridized carbons (Fsp3) is 0.0476. The summed E-state index contributed by atoms with van der Waals surface area (Å²) in [6, 6.07) is 21.0. The van der Waals surface area contributed by atoms with Gasteiger partial charge in [0.2, 0.25) is 15.9 Å². The molecule has 1 heterocycles. The van der Waals surface area contributed by atoms with Crippen LogP contribution in [0.25, 0.3) is 20.8 Å². The number of thiazole rings is 1. The van der Waals surface area contributed by atoms with Crippen LogP contribution in [0.4, 0.5) is 5.69 Å². The molecule has 0 saturated heterocycles. The smallest absolute Gasteiger partial charge is 0.241 e. The Labute approximate surface area is 182 Å². The van der Waals surface area contributed by atoms with Crippen LogP contribution in [-0.2, 0) is 14.8 Å². The SMILES string of the molecule is O=C(CNS(=O)(=O)c1cccc(Cl)c1)Nc1cccc(-c2nc3ccccc3s2)c1. The summed E-state index contributed by atoms with van der Waals surface area (Å²) in [5.74, 6) is -0.484. The van der Waals surface area contributed by atoms with Gasteiger partial charge in [-0.05, 0) is 42.5 Å². The van der Waals surface area contributed by atoms with Crippen molar-refractivity contribution in [2.24, 2.45) is 0 Å². The van der Waals surface area contributed by atoms with Crippen LogP contribution in [0.1, 0.15) is 0 Å². The molecule has 0 aliphatic carbocycles. The predicted octanol–water partition coefficient (Wildman–Crippen LogP) is 4.53. The fourth-order valence-corrected chi connectivity index (χ4v) is 5.05. The maximum atomic E-state index is 12.3. The highest BCUT2D eigenvalue weighted by molar-refractivity contribution is 7.89. The van der Waals surface area contributed by atoms with E-state index in [4.69, 9.17) is 11.6 Å². The molecule has 0 atom stereocenters. The summed E-state index contributed by atoms with van der Waals surface area (Å²) < 4.78 is 28.0. The number of amides is 1. The summed E-state index contributed by atoms with van der Waals surface area (Å²) in [6.45, 7) is -0.403. The molecule has 30 heavy (non-hydrogen) atoms. The van der Waals surface area contributed by atoms with Crippen molar-refractivity contribution in [2.45, 2.75) is 4.90 Å². The second-order valence-electron chi connectivity index (χ2n) is 6.40. The van der Waals surface area contributed by atoms with Crippen LogP contribution >= 0.6 is 22.9 Å². The Balaban J connectivity index is 1.44. The monoisotopic (exact) mass is 457 g/mol. The van der Waals surface area contributed by atoms with Gasteiger partial charge in [-0.3, -0.25) is 4.79 Å². The minimum atomic E-state index is -3.84. The molecule has 0 aliphatic rings. The normalized spacial score (nSPS) is 11.5. The third kappa shape index (κ3) is 4.68. The molecule has 4 aromatic rings. The largest absolute Gasteiger partial charge is 0.325 e. The van der Waals surface area contributed by atoms with Crippen LogP contribution in [0.5, 0.6) is 0 Å². The number of carbonyl (C=O) groups excluding carboxylic acids is 1. The van der Waals surface area contributed by atoms with Crippen molar-refractivity contribution in [3.63, 3.8) is 0 Å². The van der Waals surface area contributed by atoms with Crippen molar-refractivity contribution < 1.29 is 13.2 Å². The van der Waals surface area contributed by atoms with E-state index in [1.54, 1.807) is 29.5 Å². The van der Waals surface area contributed by atoms with E-state index in [0.717, 1.165) is 20.8 Å². The zero-order valence-electron chi connectivity index (χ0n) is 15.5. The molecule has 4 rings (SSSR count). The zero-order chi connectivity index (χ0) is 21.1. The molecule has 1 aromatic heterocycles. The van der Waals surface area contributed by atoms with Crippen molar-refractivity contribution in [1.29, 1.82) is 0 Å². The molecule has 0 saturated carbocycles. The first-order chi connectivity index (χ1) is 14.4. The van der Waals surface area contributed by atoms with Gasteiger partial charge in [0.15, 0.2) is 0 Å². The van der Waals surface area contributed by atoms with Crippen LogP contribution in [0.15, 0.2) is 77.7 Å². The summed E-state index contributed by atoms with van der Waals surface area (Å²) >= 11 is 7.40. The van der Waals surface area contributed by atoms with Gasteiger partial charge in [0.25, 0.3) is 0 Å². The second kappa shape index (κ2) is 8.53. The Hall–Kier alpha value is -2.78. The van der Waals surface area contributed by atoms with Crippen LogP contribution in [0, 0.1) is 0 Å². The van der Waals surface area contributed by atoms with E-state index in [1.165, 1.54) is 18.2 Å². The maximum absolute atomic E-state index is 12.3. The summed E-state index contributed by atoms with van der Waals surface area (Å²) in [5, 5.41) is 3.85. The molecule has 2 N–H and O–H groups in total. The van der Waals surface area contributed by atoms with Gasteiger partial charge in [0, 0.05) is 16.3 Å². The number of hydrogen-bond donors (Lipinski definition) is 2. The number of benzene rings is 3. The summed E-state index contributed by atoms with van der Waals surface area (Å²) in [5.41, 5.74) is 2.34. The average Bonchev–Trinajstić information content (AvgIpc) is 3.17. The first-order valence-corrected chi connectivity index (χ1v) is 11.6. The topological polar surface area (TPSA) is 88.2 Å². The number of nitrogens with zero attached hydrogens (tertiary/aromatic N) is 1. The molecule has 0 radical (unpaired) electrons. The van der Waals surface area contributed by atoms with Gasteiger partial charge in [0.1, 0.15) is 5.01 Å². The first kappa shape index (κ1) is 20.5. The average molecular weight is 458 g/mol. The van der Waals surface area contributed by atoms with E-state index in [1.807, 2.05) is 36.4 Å². The van der Waals surface area contributed by atoms with Gasteiger partial charge in [-0.15, -0.1) is 11.3 Å². The molecule has 0 bridgehead atoms. The quantitative estimate of drug-likeness (QED) is 0.445. The van der Waals surface area contributed by atoms with Crippen LogP contribution in [-0.4, -0.2) is 25.9 Å². The third-order valence-corrected chi connectivity index (χ3v) is 6.94. The summed E-state index contributed by atoms with van der Waals surface area (Å²) in [7, 11) is -3.84. The number of carbonyl (C=O) groups is 1. The molecule has 152 valence electrons. The number of sulfonamides is 1. The molecular formula is C21H16ClN3O3S2. The Kier molecular flexibility index (Phi) is 5.83. The molecule has 6 nitrogen and oxygen atoms in total. The van der Waals surface area contributed by atoms with Crippen LogP contribution < -0.4 is 10.0 Å². The van der Waals surface area contributed by atoms with Gasteiger partial charge in [-0.2, -0.15) is 0 Å². The Morgan fingerprint density at radius 3 is 2.60 bits per heavy atom. The standard InChI is InChI=1S/C21H16ClN3O3S2/c22-15-6-4-8-17(12-15)30(27,28)23-13-20(26)24-16-7-3-5-14(11-16)21-25-18-9-1-2-10-19(18)29-21/h1-12,23H,13H2,(H,24,26). The number of rotatable bonds is 6. The Bertz CT molecular complexity index is 1300. The number of halogens is 1. The van der Waals surface area contributed by atoms with E-state index in [-0.39, 0.29) is 4.90 Å². The van der Waals surface area contributed by atoms with Gasteiger partial charge in [0.05, 0.1) is 21.7 Å². The van der Waals surface area contributed by atoms with Gasteiger partial charge < -0.3 is 5.32 Å². The van der Waals surface area contributed by atoms with E-state index in [2.05, 4.69) is 15.0 Å². The zero-order valence-corrected chi connectivity index (χ0v) is 17.9. The third-order valence-electron chi connectivity index (χ3n) is 4.22. The number of hydrogen-bond acceptors (Lipinski definition) is 5. The lowest BCUT2D eigenvalue weighted by Gasteiger charge is -2.09. The minimum Gasteiger partial charge on any atom is -0.325 e. The fourth-order valence-electron chi connectivity index (χ4n) is 2.81. The van der Waals surface area contributed by atoms with Crippen molar-refractivity contribution >= 4 is 54.8 Å². The van der Waals surface area contributed by atoms with Gasteiger partial charge >= 0.3 is 0 Å². The highest BCUT2D eigenvalue weighted by Crippen LogP contribution is 2.31. The lowest BCUT2D eigenvalue weighted by molar-refractivity contribution is -0.115. The highest BCUT2D eigenvalue weighted by Gasteiger charge is 2.16. The number of nitrogens with one attached hydrogen (secondary N) is 2. The van der Waals surface area contributed by atoms with Crippen molar-refractivity contribution in [3.05, 3.63) is 77.8 Å². The predicted molar refractivity (Wildman–Crippen MR) is 120 cm³/mol. The van der Waals surface area contributed by atoms with Gasteiger partial charge in [-0.25, -0.2) is 18.1 Å². The van der Waals surface area contributed by atoms with E-state index >= 15 is 0 Å². The lowest BCUT2D eigenvalue weighted by Crippen LogP contribution is -2.32. The van der Waals surface area contributed by atoms with Crippen LogP contribution in [0.3, 0.4) is 0 Å². The molecule has 0 spiro atoms. The molecule has 0 fully saturated rings. The van der Waals surface area contributed by atoms with Gasteiger partial charge in [-0.1, -0.05) is 41.9 Å². The lowest BCUT2D eigenvalue weighted by atomic mass is 10.2. The van der Waals surface area contributed by atoms with Crippen LogP contribution in [0.2, 0.25) is 5.02 Å². The van der Waals surface area contributed by atoms with E-state index in [9.17, 15) is 13.2 Å². The molecule has 3 aromatic carbocycles. The molecule has 1 amide bonds. The Morgan fingerprint density at radius 2 is 1.80 bits per heavy atom. The van der Waals surface area contributed by atoms with E-state index < -0.39 is 22.5 Å². The second-order valence-corrected chi connectivity index (χ2v) is 9.63. The van der Waals surface area contributed by atoms with E-state index in [0.29, 0.717) is 10.7 Å². The number of anilines is 1. The highest BCUT2D eigenvalue weighted by atomic mass is 35.5. The number of fused-ring (bicyclic) bond motifs is 1. The minimum absolute atomic E-state index is 0.000586. The molecule has 0 aliphatic heterocycles. The van der Waals surface area contributed by atoms with Crippen molar-refractivity contribution in [1.82, 2.24) is 9.71 Å². The summed E-state index contributed by atoms with van der Waals surface area (Å²) in [6.07, 6.45) is 0. The number of aromatic nitrogens is 1. The first-order valence-electron chi connectivity index (χ1n) is 8.92. The number of para-hydroxylation sites is 1.